The van der Waals surface area contributed by atoms with Crippen molar-refractivity contribution in [3.8, 4) is 11.5 Å². The number of hydrogen-bond acceptors (Lipinski definition) is 8. The summed E-state index contributed by atoms with van der Waals surface area (Å²) in [6, 6.07) is 13.7. The number of benzene rings is 2. The molecule has 8 nitrogen and oxygen atoms in total. The molecule has 1 aromatic heterocycles. The Morgan fingerprint density at radius 1 is 1.14 bits per heavy atom. The maximum absolute atomic E-state index is 13.2. The van der Waals surface area contributed by atoms with Crippen LogP contribution in [0, 0.1) is 6.92 Å². The van der Waals surface area contributed by atoms with Gasteiger partial charge < -0.3 is 20.9 Å². The lowest BCUT2D eigenvalue weighted by Crippen LogP contribution is -2.25. The minimum absolute atomic E-state index is 0.127. The Labute approximate surface area is 212 Å². The number of nitrogens with one attached hydrogen (secondary N) is 1. The summed E-state index contributed by atoms with van der Waals surface area (Å²) < 4.78 is 5.88. The van der Waals surface area contributed by atoms with Crippen LogP contribution in [-0.4, -0.2) is 32.7 Å². The van der Waals surface area contributed by atoms with Gasteiger partial charge in [-0.15, -0.1) is 0 Å². The van der Waals surface area contributed by atoms with E-state index in [1.165, 1.54) is 0 Å². The second kappa shape index (κ2) is 12.3. The molecule has 0 fully saturated rings. The topological polar surface area (TPSA) is 127 Å². The SMILES string of the molecule is C/C(C(=O)NCc1cnc(C)nc1N)=C(\CCO)SC(=O)c1ccccc1Oc1ccccc1Cl. The van der Waals surface area contributed by atoms with Gasteiger partial charge in [0.1, 0.15) is 23.1 Å². The molecule has 2 aromatic carbocycles. The highest BCUT2D eigenvalue weighted by molar-refractivity contribution is 8.17. The van der Waals surface area contributed by atoms with Crippen molar-refractivity contribution in [2.24, 2.45) is 0 Å². The summed E-state index contributed by atoms with van der Waals surface area (Å²) >= 11 is 7.06. The van der Waals surface area contributed by atoms with Gasteiger partial charge in [0.2, 0.25) is 11.0 Å². The average molecular weight is 513 g/mol. The van der Waals surface area contributed by atoms with E-state index in [-0.39, 0.29) is 30.5 Å². The molecule has 0 atom stereocenters. The van der Waals surface area contributed by atoms with E-state index in [0.717, 1.165) is 11.8 Å². The van der Waals surface area contributed by atoms with Crippen molar-refractivity contribution >= 4 is 40.2 Å². The molecule has 0 unspecified atom stereocenters. The van der Waals surface area contributed by atoms with Crippen molar-refractivity contribution in [3.05, 3.63) is 87.2 Å². The van der Waals surface area contributed by atoms with Crippen LogP contribution in [0.4, 0.5) is 5.82 Å². The summed E-state index contributed by atoms with van der Waals surface area (Å²) in [5, 5.41) is 12.4. The summed E-state index contributed by atoms with van der Waals surface area (Å²) in [6.45, 7) is 3.22. The zero-order valence-electron chi connectivity index (χ0n) is 19.2. The van der Waals surface area contributed by atoms with Gasteiger partial charge in [-0.2, -0.15) is 0 Å². The summed E-state index contributed by atoms with van der Waals surface area (Å²) in [5.41, 5.74) is 7.09. The molecule has 182 valence electrons. The van der Waals surface area contributed by atoms with Gasteiger partial charge in [-0.05, 0) is 38.1 Å². The monoisotopic (exact) mass is 512 g/mol. The van der Waals surface area contributed by atoms with Crippen molar-refractivity contribution in [1.82, 2.24) is 15.3 Å². The summed E-state index contributed by atoms with van der Waals surface area (Å²) in [4.78, 5) is 34.6. The molecule has 0 aliphatic carbocycles. The molecule has 35 heavy (non-hydrogen) atoms. The number of para-hydroxylation sites is 2. The first-order valence-corrected chi connectivity index (χ1v) is 11.9. The third-order valence-corrected chi connectivity index (χ3v) is 6.41. The molecule has 4 N–H and O–H groups in total. The fourth-order valence-corrected chi connectivity index (χ4v) is 4.15. The number of aromatic nitrogens is 2. The van der Waals surface area contributed by atoms with E-state index in [0.29, 0.717) is 44.0 Å². The van der Waals surface area contributed by atoms with Gasteiger partial charge in [0, 0.05) is 41.8 Å². The lowest BCUT2D eigenvalue weighted by molar-refractivity contribution is -0.117. The molecule has 1 amide bonds. The van der Waals surface area contributed by atoms with E-state index < -0.39 is 5.91 Å². The van der Waals surface area contributed by atoms with E-state index in [1.54, 1.807) is 68.6 Å². The van der Waals surface area contributed by atoms with Crippen LogP contribution in [0.1, 0.15) is 35.1 Å². The van der Waals surface area contributed by atoms with Crippen LogP contribution >= 0.6 is 23.4 Å². The molecule has 0 spiro atoms. The molecule has 3 rings (SSSR count). The number of nitrogens with zero attached hydrogens (tertiary/aromatic N) is 2. The number of nitrogen functional groups attached to an aromatic ring is 1. The average Bonchev–Trinajstić information content (AvgIpc) is 2.84. The van der Waals surface area contributed by atoms with Crippen molar-refractivity contribution in [2.45, 2.75) is 26.8 Å². The second-order valence-corrected chi connectivity index (χ2v) is 8.93. The first-order chi connectivity index (χ1) is 16.8. The minimum atomic E-state index is -0.394. The molecule has 0 aliphatic heterocycles. The molecule has 0 saturated carbocycles. The molecule has 0 radical (unpaired) electrons. The number of aliphatic hydroxyl groups is 1. The third kappa shape index (κ3) is 7.05. The lowest BCUT2D eigenvalue weighted by Gasteiger charge is -2.14. The Hall–Kier alpha value is -3.40. The van der Waals surface area contributed by atoms with Gasteiger partial charge in [-0.25, -0.2) is 9.97 Å². The fourth-order valence-electron chi connectivity index (χ4n) is 3.04. The number of amides is 1. The van der Waals surface area contributed by atoms with Crippen molar-refractivity contribution in [3.63, 3.8) is 0 Å². The summed E-state index contributed by atoms with van der Waals surface area (Å²) in [5.74, 6) is 1.18. The van der Waals surface area contributed by atoms with Crippen LogP contribution in [0.15, 0.2) is 65.2 Å². The fraction of sp³-hybridized carbons (Fsp3) is 0.200. The Morgan fingerprint density at radius 2 is 1.83 bits per heavy atom. The molecular formula is C25H25ClN4O4S. The number of nitrogens with two attached hydrogens (primary N) is 1. The molecule has 0 saturated heterocycles. The normalized spacial score (nSPS) is 11.5. The lowest BCUT2D eigenvalue weighted by atomic mass is 10.2. The highest BCUT2D eigenvalue weighted by atomic mass is 35.5. The van der Waals surface area contributed by atoms with E-state index in [9.17, 15) is 14.7 Å². The van der Waals surface area contributed by atoms with Gasteiger partial charge in [0.05, 0.1) is 10.6 Å². The second-order valence-electron chi connectivity index (χ2n) is 7.45. The molecule has 0 aliphatic rings. The van der Waals surface area contributed by atoms with Gasteiger partial charge >= 0.3 is 0 Å². The number of hydrogen-bond donors (Lipinski definition) is 3. The van der Waals surface area contributed by atoms with Crippen LogP contribution in [0.5, 0.6) is 11.5 Å². The predicted molar refractivity (Wildman–Crippen MR) is 137 cm³/mol. The molecule has 0 bridgehead atoms. The van der Waals surface area contributed by atoms with Crippen LogP contribution in [0.25, 0.3) is 0 Å². The van der Waals surface area contributed by atoms with Crippen LogP contribution in [0.3, 0.4) is 0 Å². The van der Waals surface area contributed by atoms with E-state index in [2.05, 4.69) is 15.3 Å². The van der Waals surface area contributed by atoms with Gasteiger partial charge in [0.15, 0.2) is 0 Å². The zero-order valence-corrected chi connectivity index (χ0v) is 20.8. The highest BCUT2D eigenvalue weighted by Gasteiger charge is 2.20. The number of carbonyl (C=O) groups excluding carboxylic acids is 2. The molecule has 1 heterocycles. The van der Waals surface area contributed by atoms with Crippen molar-refractivity contribution < 1.29 is 19.4 Å². The smallest absolute Gasteiger partial charge is 0.247 e. The number of ether oxygens (including phenoxy) is 1. The number of aliphatic hydroxyl groups excluding tert-OH is 1. The number of thioether (sulfide) groups is 1. The maximum atomic E-state index is 13.2. The van der Waals surface area contributed by atoms with E-state index in [1.807, 2.05) is 0 Å². The quantitative estimate of drug-likeness (QED) is 0.353. The first-order valence-electron chi connectivity index (χ1n) is 10.7. The number of aryl methyl sites for hydroxylation is 1. The Morgan fingerprint density at radius 3 is 2.51 bits per heavy atom. The van der Waals surface area contributed by atoms with Gasteiger partial charge in [-0.3, -0.25) is 9.59 Å². The summed E-state index contributed by atoms with van der Waals surface area (Å²) in [7, 11) is 0. The van der Waals surface area contributed by atoms with Crippen molar-refractivity contribution in [1.29, 1.82) is 0 Å². The van der Waals surface area contributed by atoms with Gasteiger partial charge in [0.25, 0.3) is 0 Å². The Balaban J connectivity index is 1.77. The standard InChI is InChI=1S/C25H25ClN4O4S/c1-15(24(32)29-14-17-13-28-16(2)30-23(17)27)22(11-12-31)35-25(33)18-7-3-5-9-20(18)34-21-10-6-4-8-19(21)26/h3-10,13,31H,11-12,14H2,1-2H3,(H,29,32)(H2,27,28,30)/b22-15-. The Bertz CT molecular complexity index is 1270. The molecular weight excluding hydrogens is 488 g/mol. The molecule has 3 aromatic rings. The third-order valence-electron chi connectivity index (χ3n) is 4.94. The van der Waals surface area contributed by atoms with Crippen LogP contribution in [-0.2, 0) is 11.3 Å². The van der Waals surface area contributed by atoms with Gasteiger partial charge in [-0.1, -0.05) is 47.6 Å². The molecule has 10 heteroatoms. The van der Waals surface area contributed by atoms with E-state index >= 15 is 0 Å². The summed E-state index contributed by atoms with van der Waals surface area (Å²) in [6.07, 6.45) is 1.69. The minimum Gasteiger partial charge on any atom is -0.455 e. The predicted octanol–water partition coefficient (Wildman–Crippen LogP) is 4.66. The number of rotatable bonds is 9. The van der Waals surface area contributed by atoms with E-state index in [4.69, 9.17) is 22.1 Å². The zero-order chi connectivity index (χ0) is 25.4. The largest absolute Gasteiger partial charge is 0.455 e. The highest BCUT2D eigenvalue weighted by Crippen LogP contribution is 2.35. The first kappa shape index (κ1) is 26.2. The number of halogens is 1. The number of carbonyl (C=O) groups is 2. The Kier molecular flexibility index (Phi) is 9.25. The van der Waals surface area contributed by atoms with Crippen molar-refractivity contribution in [2.75, 3.05) is 12.3 Å². The van der Waals surface area contributed by atoms with Crippen LogP contribution in [0.2, 0.25) is 5.02 Å². The van der Waals surface area contributed by atoms with Crippen LogP contribution < -0.4 is 15.8 Å². The maximum Gasteiger partial charge on any atom is 0.247 e. The number of anilines is 1.